The Hall–Kier alpha value is -2.55. The Morgan fingerprint density at radius 3 is 2.69 bits per heavy atom. The van der Waals surface area contributed by atoms with E-state index >= 15 is 0 Å². The summed E-state index contributed by atoms with van der Waals surface area (Å²) in [5.41, 5.74) is 9.47. The van der Waals surface area contributed by atoms with Gasteiger partial charge in [0.1, 0.15) is 23.8 Å². The monoisotopic (exact) mass is 478 g/mol. The highest BCUT2D eigenvalue weighted by molar-refractivity contribution is 5.65. The van der Waals surface area contributed by atoms with Crippen molar-refractivity contribution in [2.75, 3.05) is 38.5 Å². The quantitative estimate of drug-likeness (QED) is 0.580. The molecule has 0 aliphatic carbocycles. The van der Waals surface area contributed by atoms with Gasteiger partial charge in [0.2, 0.25) is 0 Å². The highest BCUT2D eigenvalue weighted by Crippen LogP contribution is 2.41. The number of piperidine rings is 1. The lowest BCUT2D eigenvalue weighted by molar-refractivity contribution is -0.0144. The molecule has 35 heavy (non-hydrogen) atoms. The molecule has 3 saturated heterocycles. The number of anilines is 1. The van der Waals surface area contributed by atoms with E-state index in [9.17, 15) is 4.39 Å². The zero-order valence-corrected chi connectivity index (χ0v) is 20.3. The molecule has 7 nitrogen and oxygen atoms in total. The molecule has 3 aliphatic rings. The van der Waals surface area contributed by atoms with E-state index in [4.69, 9.17) is 10.5 Å². The van der Waals surface area contributed by atoms with E-state index in [1.807, 2.05) is 22.7 Å². The normalized spacial score (nSPS) is 25.2. The van der Waals surface area contributed by atoms with E-state index in [0.717, 1.165) is 56.7 Å². The molecule has 0 unspecified atom stereocenters. The third kappa shape index (κ3) is 4.55. The van der Waals surface area contributed by atoms with Gasteiger partial charge in [-0.05, 0) is 94.4 Å². The van der Waals surface area contributed by atoms with Crippen LogP contribution in [0.2, 0.25) is 0 Å². The minimum absolute atomic E-state index is 0.0589. The van der Waals surface area contributed by atoms with Crippen molar-refractivity contribution >= 4 is 11.3 Å². The first-order chi connectivity index (χ1) is 17.1. The van der Waals surface area contributed by atoms with Crippen LogP contribution in [0.5, 0.6) is 0 Å². The lowest BCUT2D eigenvalue weighted by Gasteiger charge is -2.46. The van der Waals surface area contributed by atoms with Crippen LogP contribution in [0.25, 0.3) is 5.52 Å². The van der Waals surface area contributed by atoms with Gasteiger partial charge in [-0.2, -0.15) is 5.10 Å². The number of hydrogen-bond donors (Lipinski definition) is 1. The lowest BCUT2D eigenvalue weighted by atomic mass is 9.84. The summed E-state index contributed by atoms with van der Waals surface area (Å²) in [6, 6.07) is 11.0. The summed E-state index contributed by atoms with van der Waals surface area (Å²) >= 11 is 0. The number of benzene rings is 1. The summed E-state index contributed by atoms with van der Waals surface area (Å²) in [4.78, 5) is 9.42. The van der Waals surface area contributed by atoms with Crippen LogP contribution in [0.15, 0.2) is 42.7 Å². The topological polar surface area (TPSA) is 71.9 Å². The van der Waals surface area contributed by atoms with Crippen LogP contribution in [0.1, 0.15) is 55.9 Å². The first-order valence-corrected chi connectivity index (χ1v) is 13.1. The van der Waals surface area contributed by atoms with Crippen molar-refractivity contribution in [1.82, 2.24) is 24.4 Å². The second kappa shape index (κ2) is 9.48. The van der Waals surface area contributed by atoms with Crippen molar-refractivity contribution in [1.29, 1.82) is 0 Å². The third-order valence-corrected chi connectivity index (χ3v) is 8.53. The maximum Gasteiger partial charge on any atom is 0.151 e. The first-order valence-electron chi connectivity index (χ1n) is 13.1. The van der Waals surface area contributed by atoms with Gasteiger partial charge in [-0.1, -0.05) is 12.1 Å². The molecule has 2 N–H and O–H groups in total. The standard InChI is InChI=1S/C27H35FN6O/c28-21-4-2-20(3-5-21)10-15-32-16-12-27(13-17-32)11-1-14-33(27)18-22-6-9-25(35-22)23-7-8-24-26(29)30-19-31-34(23)24/h2-5,7-8,19,22,25H,1,6,9-18H2,(H2,29,30,31)/t22-,25+/m0/s1. The minimum atomic E-state index is -0.159. The van der Waals surface area contributed by atoms with Crippen LogP contribution in [-0.2, 0) is 11.2 Å². The Balaban J connectivity index is 1.04. The number of rotatable bonds is 6. The lowest BCUT2D eigenvalue weighted by Crippen LogP contribution is -2.53. The van der Waals surface area contributed by atoms with E-state index in [1.54, 1.807) is 12.1 Å². The zero-order chi connectivity index (χ0) is 23.8. The second-order valence-electron chi connectivity index (χ2n) is 10.5. The molecular weight excluding hydrogens is 443 g/mol. The summed E-state index contributed by atoms with van der Waals surface area (Å²) in [5.74, 6) is 0.344. The molecule has 2 aromatic heterocycles. The van der Waals surface area contributed by atoms with E-state index in [1.165, 1.54) is 44.1 Å². The number of nitrogens with two attached hydrogens (primary N) is 1. The third-order valence-electron chi connectivity index (χ3n) is 8.53. The van der Waals surface area contributed by atoms with E-state index in [2.05, 4.69) is 25.9 Å². The molecule has 5 heterocycles. The van der Waals surface area contributed by atoms with Crippen molar-refractivity contribution < 1.29 is 9.13 Å². The zero-order valence-electron chi connectivity index (χ0n) is 20.3. The van der Waals surface area contributed by atoms with Gasteiger partial charge in [0.05, 0.1) is 11.8 Å². The fraction of sp³-hybridized carbons (Fsp3) is 0.556. The number of nitrogens with zero attached hydrogens (tertiary/aromatic N) is 5. The van der Waals surface area contributed by atoms with Crippen LogP contribution in [0.3, 0.4) is 0 Å². The van der Waals surface area contributed by atoms with E-state index < -0.39 is 0 Å². The molecule has 1 spiro atoms. The molecule has 6 rings (SSSR count). The molecule has 0 amide bonds. The smallest absolute Gasteiger partial charge is 0.151 e. The maximum atomic E-state index is 13.2. The maximum absolute atomic E-state index is 13.2. The van der Waals surface area contributed by atoms with Gasteiger partial charge in [-0.25, -0.2) is 13.9 Å². The second-order valence-corrected chi connectivity index (χ2v) is 10.5. The number of fused-ring (bicyclic) bond motifs is 1. The first kappa shape index (κ1) is 22.9. The molecule has 3 aromatic rings. The van der Waals surface area contributed by atoms with E-state index in [-0.39, 0.29) is 18.0 Å². The van der Waals surface area contributed by atoms with Gasteiger partial charge < -0.3 is 15.4 Å². The van der Waals surface area contributed by atoms with Crippen LogP contribution >= 0.6 is 0 Å². The Kier molecular flexibility index (Phi) is 6.20. The summed E-state index contributed by atoms with van der Waals surface area (Å²) in [6.45, 7) is 5.53. The molecule has 0 bridgehead atoms. The fourth-order valence-corrected chi connectivity index (χ4v) is 6.50. The number of halogens is 1. The average molecular weight is 479 g/mol. The van der Waals surface area contributed by atoms with Crippen LogP contribution in [0, 0.1) is 5.82 Å². The summed E-state index contributed by atoms with van der Waals surface area (Å²) < 4.78 is 21.6. The number of nitrogen functional groups attached to an aromatic ring is 1. The van der Waals surface area contributed by atoms with Crippen molar-refractivity contribution in [2.24, 2.45) is 0 Å². The van der Waals surface area contributed by atoms with Crippen molar-refractivity contribution in [3.05, 3.63) is 59.8 Å². The number of aromatic nitrogens is 3. The number of ether oxygens (including phenoxy) is 1. The number of likely N-dealkylation sites (tertiary alicyclic amines) is 2. The fourth-order valence-electron chi connectivity index (χ4n) is 6.50. The summed E-state index contributed by atoms with van der Waals surface area (Å²) in [6.07, 6.45) is 9.95. The van der Waals surface area contributed by atoms with Gasteiger partial charge in [0.15, 0.2) is 5.82 Å². The molecule has 1 aromatic carbocycles. The van der Waals surface area contributed by atoms with Crippen LogP contribution < -0.4 is 5.73 Å². The highest BCUT2D eigenvalue weighted by Gasteiger charge is 2.44. The molecular formula is C27H35FN6O. The van der Waals surface area contributed by atoms with Crippen LogP contribution in [-0.4, -0.2) is 68.8 Å². The van der Waals surface area contributed by atoms with Crippen LogP contribution in [0.4, 0.5) is 10.2 Å². The number of hydrogen-bond acceptors (Lipinski definition) is 6. The summed E-state index contributed by atoms with van der Waals surface area (Å²) in [5, 5.41) is 4.40. The van der Waals surface area contributed by atoms with Crippen molar-refractivity contribution in [2.45, 2.75) is 62.7 Å². The minimum Gasteiger partial charge on any atom is -0.382 e. The SMILES string of the molecule is Nc1ncnn2c([C@H]3CC[C@@H](CN4CCCC45CCN(CCc4ccc(F)cc4)CC5)O3)ccc12. The molecule has 186 valence electrons. The predicted molar refractivity (Wildman–Crippen MR) is 134 cm³/mol. The summed E-state index contributed by atoms with van der Waals surface area (Å²) in [7, 11) is 0. The Labute approximate surface area is 206 Å². The van der Waals surface area contributed by atoms with Gasteiger partial charge in [0.25, 0.3) is 0 Å². The largest absolute Gasteiger partial charge is 0.382 e. The Morgan fingerprint density at radius 2 is 1.86 bits per heavy atom. The molecule has 3 aliphatic heterocycles. The van der Waals surface area contributed by atoms with Gasteiger partial charge >= 0.3 is 0 Å². The Bertz CT molecular complexity index is 1160. The van der Waals surface area contributed by atoms with Gasteiger partial charge in [-0.3, -0.25) is 4.90 Å². The molecule has 0 radical (unpaired) electrons. The van der Waals surface area contributed by atoms with Crippen molar-refractivity contribution in [3.63, 3.8) is 0 Å². The average Bonchev–Trinajstić information content (AvgIpc) is 3.60. The molecule has 3 fully saturated rings. The Morgan fingerprint density at radius 1 is 1.03 bits per heavy atom. The van der Waals surface area contributed by atoms with E-state index in [0.29, 0.717) is 11.4 Å². The predicted octanol–water partition coefficient (Wildman–Crippen LogP) is 3.84. The molecule has 0 saturated carbocycles. The van der Waals surface area contributed by atoms with Gasteiger partial charge in [-0.15, -0.1) is 0 Å². The van der Waals surface area contributed by atoms with Gasteiger partial charge in [0, 0.05) is 18.6 Å². The highest BCUT2D eigenvalue weighted by atomic mass is 19.1. The molecule has 2 atom stereocenters. The molecule has 8 heteroatoms. The van der Waals surface area contributed by atoms with Crippen molar-refractivity contribution in [3.8, 4) is 0 Å².